The van der Waals surface area contributed by atoms with Crippen LogP contribution in [0, 0.1) is 6.92 Å². The van der Waals surface area contributed by atoms with Crippen molar-refractivity contribution in [3.8, 4) is 5.75 Å². The number of benzene rings is 1. The summed E-state index contributed by atoms with van der Waals surface area (Å²) in [5.41, 5.74) is 6.26. The average molecular weight is 355 g/mol. The van der Waals surface area contributed by atoms with Crippen molar-refractivity contribution in [2.75, 3.05) is 18.0 Å². The standard InChI is InChI=1S/C18H21N5O3/c1-12-20-18(26-21-12)22-8-5-13(6-9-22)25-16-4-2-3-15-14(16)7-10-23(15)11-17(19)24/h2-4,7,10,13H,5-6,8-9,11H2,1H3,(H2,19,24). The summed E-state index contributed by atoms with van der Waals surface area (Å²) >= 11 is 0. The summed E-state index contributed by atoms with van der Waals surface area (Å²) in [6.07, 6.45) is 3.74. The number of aryl methyl sites for hydroxylation is 1. The van der Waals surface area contributed by atoms with Crippen molar-refractivity contribution in [2.24, 2.45) is 5.73 Å². The highest BCUT2D eigenvalue weighted by atomic mass is 16.5. The lowest BCUT2D eigenvalue weighted by Gasteiger charge is -2.30. The lowest BCUT2D eigenvalue weighted by Crippen LogP contribution is -2.38. The first-order valence-corrected chi connectivity index (χ1v) is 8.68. The van der Waals surface area contributed by atoms with E-state index in [1.54, 1.807) is 0 Å². The van der Waals surface area contributed by atoms with Crippen LogP contribution in [0.25, 0.3) is 10.9 Å². The molecule has 1 saturated heterocycles. The maximum absolute atomic E-state index is 11.2. The van der Waals surface area contributed by atoms with Gasteiger partial charge >= 0.3 is 6.01 Å². The average Bonchev–Trinajstić information content (AvgIpc) is 3.23. The van der Waals surface area contributed by atoms with Gasteiger partial charge in [0.1, 0.15) is 18.4 Å². The Morgan fingerprint density at radius 1 is 1.35 bits per heavy atom. The quantitative estimate of drug-likeness (QED) is 0.750. The van der Waals surface area contributed by atoms with E-state index in [2.05, 4.69) is 15.0 Å². The second-order valence-corrected chi connectivity index (χ2v) is 6.53. The predicted octanol–water partition coefficient (Wildman–Crippen LogP) is 1.87. The number of fused-ring (bicyclic) bond motifs is 1. The number of hydrogen-bond acceptors (Lipinski definition) is 6. The molecule has 0 bridgehead atoms. The third-order valence-corrected chi connectivity index (χ3v) is 4.62. The molecule has 8 nitrogen and oxygen atoms in total. The summed E-state index contributed by atoms with van der Waals surface area (Å²) in [6, 6.07) is 8.40. The van der Waals surface area contributed by atoms with Crippen LogP contribution in [0.2, 0.25) is 0 Å². The lowest BCUT2D eigenvalue weighted by atomic mass is 10.1. The Bertz CT molecular complexity index is 924. The van der Waals surface area contributed by atoms with Gasteiger partial charge in [0, 0.05) is 37.5 Å². The number of ether oxygens (including phenoxy) is 1. The highest BCUT2D eigenvalue weighted by Gasteiger charge is 2.24. The lowest BCUT2D eigenvalue weighted by molar-refractivity contribution is -0.118. The number of hydrogen-bond donors (Lipinski definition) is 1. The van der Waals surface area contributed by atoms with Gasteiger partial charge in [-0.05, 0) is 25.1 Å². The van der Waals surface area contributed by atoms with Crippen LogP contribution in [0.4, 0.5) is 6.01 Å². The number of rotatable bonds is 5. The summed E-state index contributed by atoms with van der Waals surface area (Å²) in [7, 11) is 0. The minimum absolute atomic E-state index is 0.125. The molecule has 0 radical (unpaired) electrons. The van der Waals surface area contributed by atoms with Gasteiger partial charge in [0.15, 0.2) is 5.82 Å². The molecular formula is C18H21N5O3. The van der Waals surface area contributed by atoms with Crippen molar-refractivity contribution in [1.29, 1.82) is 0 Å². The first-order chi connectivity index (χ1) is 12.6. The van der Waals surface area contributed by atoms with E-state index >= 15 is 0 Å². The monoisotopic (exact) mass is 355 g/mol. The summed E-state index contributed by atoms with van der Waals surface area (Å²) in [5, 5.41) is 4.83. The third kappa shape index (κ3) is 3.22. The zero-order chi connectivity index (χ0) is 18.1. The Hall–Kier alpha value is -3.03. The van der Waals surface area contributed by atoms with Gasteiger partial charge in [-0.1, -0.05) is 11.2 Å². The van der Waals surface area contributed by atoms with Crippen LogP contribution in [-0.2, 0) is 11.3 Å². The van der Waals surface area contributed by atoms with E-state index < -0.39 is 0 Å². The van der Waals surface area contributed by atoms with Gasteiger partial charge in [-0.3, -0.25) is 4.79 Å². The zero-order valence-electron chi connectivity index (χ0n) is 14.6. The maximum Gasteiger partial charge on any atom is 0.324 e. The van der Waals surface area contributed by atoms with Crippen LogP contribution in [0.1, 0.15) is 18.7 Å². The highest BCUT2D eigenvalue weighted by molar-refractivity contribution is 5.87. The third-order valence-electron chi connectivity index (χ3n) is 4.62. The number of aromatic nitrogens is 3. The molecule has 26 heavy (non-hydrogen) atoms. The molecule has 4 rings (SSSR count). The topological polar surface area (TPSA) is 99.4 Å². The Kier molecular flexibility index (Phi) is 4.24. The number of nitrogens with two attached hydrogens (primary N) is 1. The molecule has 1 aromatic carbocycles. The Morgan fingerprint density at radius 2 is 2.15 bits per heavy atom. The fourth-order valence-electron chi connectivity index (χ4n) is 3.36. The van der Waals surface area contributed by atoms with Gasteiger partial charge in [0.2, 0.25) is 5.91 Å². The molecule has 1 amide bonds. The number of carbonyl (C=O) groups excluding carboxylic acids is 1. The summed E-state index contributed by atoms with van der Waals surface area (Å²) < 4.78 is 13.3. The Labute approximate surface area is 150 Å². The van der Waals surface area contributed by atoms with Gasteiger partial charge in [-0.15, -0.1) is 0 Å². The number of primary amides is 1. The van der Waals surface area contributed by atoms with Crippen LogP contribution in [0.15, 0.2) is 35.0 Å². The van der Waals surface area contributed by atoms with Crippen molar-refractivity contribution >= 4 is 22.8 Å². The van der Waals surface area contributed by atoms with Gasteiger partial charge in [-0.2, -0.15) is 4.98 Å². The molecular weight excluding hydrogens is 334 g/mol. The first kappa shape index (κ1) is 16.4. The highest BCUT2D eigenvalue weighted by Crippen LogP contribution is 2.29. The maximum atomic E-state index is 11.2. The molecule has 2 aromatic heterocycles. The summed E-state index contributed by atoms with van der Waals surface area (Å²) in [6.45, 7) is 3.60. The van der Waals surface area contributed by atoms with Gasteiger partial charge in [0.05, 0.1) is 5.52 Å². The molecule has 0 spiro atoms. The van der Waals surface area contributed by atoms with Crippen LogP contribution in [-0.4, -0.2) is 39.8 Å². The molecule has 0 atom stereocenters. The zero-order valence-corrected chi connectivity index (χ0v) is 14.6. The normalized spacial score (nSPS) is 15.5. The molecule has 136 valence electrons. The van der Waals surface area contributed by atoms with Crippen molar-refractivity contribution in [2.45, 2.75) is 32.4 Å². The van der Waals surface area contributed by atoms with Crippen LogP contribution in [0.5, 0.6) is 5.75 Å². The van der Waals surface area contributed by atoms with Gasteiger partial charge in [0.25, 0.3) is 0 Å². The van der Waals surface area contributed by atoms with Crippen LogP contribution in [0.3, 0.4) is 0 Å². The molecule has 2 N–H and O–H groups in total. The molecule has 1 aliphatic rings. The second-order valence-electron chi connectivity index (χ2n) is 6.53. The summed E-state index contributed by atoms with van der Waals surface area (Å²) in [4.78, 5) is 17.6. The van der Waals surface area contributed by atoms with E-state index in [4.69, 9.17) is 15.0 Å². The molecule has 3 heterocycles. The van der Waals surface area contributed by atoms with E-state index in [1.165, 1.54) is 0 Å². The van der Waals surface area contributed by atoms with E-state index in [0.717, 1.165) is 42.6 Å². The minimum Gasteiger partial charge on any atom is -0.490 e. The number of nitrogens with zero attached hydrogens (tertiary/aromatic N) is 4. The van der Waals surface area contributed by atoms with Crippen LogP contribution >= 0.6 is 0 Å². The predicted molar refractivity (Wildman–Crippen MR) is 96.0 cm³/mol. The largest absolute Gasteiger partial charge is 0.490 e. The molecule has 1 aliphatic heterocycles. The number of carbonyl (C=O) groups is 1. The van der Waals surface area contributed by atoms with E-state index in [-0.39, 0.29) is 18.6 Å². The van der Waals surface area contributed by atoms with E-state index in [9.17, 15) is 4.79 Å². The fraction of sp³-hybridized carbons (Fsp3) is 0.389. The Balaban J connectivity index is 1.45. The fourth-order valence-corrected chi connectivity index (χ4v) is 3.36. The minimum atomic E-state index is -0.363. The van der Waals surface area contributed by atoms with Crippen molar-refractivity contribution < 1.29 is 14.1 Å². The smallest absolute Gasteiger partial charge is 0.324 e. The van der Waals surface area contributed by atoms with Crippen molar-refractivity contribution in [3.05, 3.63) is 36.3 Å². The summed E-state index contributed by atoms with van der Waals surface area (Å²) in [5.74, 6) is 1.11. The number of piperidine rings is 1. The first-order valence-electron chi connectivity index (χ1n) is 8.68. The Morgan fingerprint density at radius 3 is 2.85 bits per heavy atom. The molecule has 3 aromatic rings. The van der Waals surface area contributed by atoms with Crippen molar-refractivity contribution in [1.82, 2.24) is 14.7 Å². The van der Waals surface area contributed by atoms with Crippen LogP contribution < -0.4 is 15.4 Å². The molecule has 0 saturated carbocycles. The molecule has 0 unspecified atom stereocenters. The number of anilines is 1. The second kappa shape index (κ2) is 6.70. The van der Waals surface area contributed by atoms with Gasteiger partial charge in [-0.25, -0.2) is 0 Å². The van der Waals surface area contributed by atoms with Crippen molar-refractivity contribution in [3.63, 3.8) is 0 Å². The SMILES string of the molecule is Cc1noc(N2CCC(Oc3cccc4c3ccn4CC(N)=O)CC2)n1. The molecule has 8 heteroatoms. The molecule has 1 fully saturated rings. The van der Waals surface area contributed by atoms with E-state index in [1.807, 2.05) is 42.0 Å². The number of amides is 1. The van der Waals surface area contributed by atoms with Gasteiger partial charge < -0.3 is 24.5 Å². The molecule has 0 aliphatic carbocycles. The van der Waals surface area contributed by atoms with E-state index in [0.29, 0.717) is 11.8 Å².